The van der Waals surface area contributed by atoms with Gasteiger partial charge in [-0.25, -0.2) is 0 Å². The molecule has 0 saturated heterocycles. The summed E-state index contributed by atoms with van der Waals surface area (Å²) in [4.78, 5) is 3.50. The third kappa shape index (κ3) is 4.53. The van der Waals surface area contributed by atoms with Crippen LogP contribution in [0.25, 0.3) is 0 Å². The zero-order valence-corrected chi connectivity index (χ0v) is 10.8. The largest absolute Gasteiger partial charge is 0.329 e. The van der Waals surface area contributed by atoms with Crippen LogP contribution in [0, 0.1) is 0 Å². The van der Waals surface area contributed by atoms with Crippen LogP contribution in [-0.4, -0.2) is 37.3 Å². The zero-order valence-electron chi connectivity index (χ0n) is 10.0. The van der Waals surface area contributed by atoms with Gasteiger partial charge in [-0.05, 0) is 31.0 Å². The molecule has 0 heterocycles. The van der Waals surface area contributed by atoms with E-state index in [4.69, 9.17) is 11.5 Å². The third-order valence-electron chi connectivity index (χ3n) is 2.46. The predicted octanol–water partition coefficient (Wildman–Crippen LogP) is 1.13. The molecule has 1 atom stereocenters. The molecule has 16 heavy (non-hydrogen) atoms. The lowest BCUT2D eigenvalue weighted by atomic mass is 10.2. The van der Waals surface area contributed by atoms with E-state index in [0.717, 1.165) is 13.1 Å². The number of nitrogens with two attached hydrogens (primary N) is 2. The third-order valence-corrected chi connectivity index (χ3v) is 3.20. The minimum atomic E-state index is 0.0653. The fourth-order valence-corrected chi connectivity index (χ4v) is 1.99. The van der Waals surface area contributed by atoms with Crippen LogP contribution in [0.15, 0.2) is 29.2 Å². The first kappa shape index (κ1) is 13.5. The average Bonchev–Trinajstić information content (AvgIpc) is 2.29. The molecule has 0 saturated carbocycles. The quantitative estimate of drug-likeness (QED) is 0.731. The summed E-state index contributed by atoms with van der Waals surface area (Å²) in [6.07, 6.45) is 2.08. The van der Waals surface area contributed by atoms with Crippen molar-refractivity contribution in [1.29, 1.82) is 0 Å². The number of nitrogens with zero attached hydrogens (tertiary/aromatic N) is 1. The van der Waals surface area contributed by atoms with Gasteiger partial charge in [0, 0.05) is 30.6 Å². The van der Waals surface area contributed by atoms with Crippen molar-refractivity contribution in [2.45, 2.75) is 17.5 Å². The van der Waals surface area contributed by atoms with Crippen molar-refractivity contribution >= 4 is 11.8 Å². The van der Waals surface area contributed by atoms with Crippen molar-refractivity contribution in [1.82, 2.24) is 4.90 Å². The van der Waals surface area contributed by atoms with Crippen molar-refractivity contribution < 1.29 is 0 Å². The lowest BCUT2D eigenvalue weighted by Crippen LogP contribution is -2.40. The van der Waals surface area contributed by atoms with E-state index in [2.05, 4.69) is 42.5 Å². The molecule has 90 valence electrons. The molecule has 4 N–H and O–H groups in total. The van der Waals surface area contributed by atoms with Crippen LogP contribution in [0.2, 0.25) is 0 Å². The molecule has 1 unspecified atom stereocenters. The Hall–Kier alpha value is -0.550. The Morgan fingerprint density at radius 3 is 2.44 bits per heavy atom. The van der Waals surface area contributed by atoms with E-state index < -0.39 is 0 Å². The SMILES string of the molecule is CSc1ccc(CN(C)CC(N)CN)cc1. The molecule has 0 fully saturated rings. The summed E-state index contributed by atoms with van der Waals surface area (Å²) in [6.45, 7) is 2.29. The van der Waals surface area contributed by atoms with E-state index in [1.54, 1.807) is 11.8 Å². The first-order valence-corrected chi connectivity index (χ1v) is 6.65. The van der Waals surface area contributed by atoms with Gasteiger partial charge in [0.2, 0.25) is 0 Å². The minimum absolute atomic E-state index is 0.0653. The maximum absolute atomic E-state index is 5.80. The van der Waals surface area contributed by atoms with E-state index in [1.165, 1.54) is 10.5 Å². The van der Waals surface area contributed by atoms with Gasteiger partial charge < -0.3 is 16.4 Å². The summed E-state index contributed by atoms with van der Waals surface area (Å²) < 4.78 is 0. The summed E-state index contributed by atoms with van der Waals surface area (Å²) in [7, 11) is 2.07. The second-order valence-corrected chi connectivity index (χ2v) is 4.92. The highest BCUT2D eigenvalue weighted by Gasteiger charge is 2.05. The van der Waals surface area contributed by atoms with Gasteiger partial charge in [-0.2, -0.15) is 0 Å². The Balaban J connectivity index is 2.46. The van der Waals surface area contributed by atoms with Crippen molar-refractivity contribution in [2.75, 3.05) is 26.4 Å². The van der Waals surface area contributed by atoms with E-state index in [-0.39, 0.29) is 6.04 Å². The van der Waals surface area contributed by atoms with Crippen LogP contribution in [0.4, 0.5) is 0 Å². The molecule has 3 nitrogen and oxygen atoms in total. The van der Waals surface area contributed by atoms with Crippen molar-refractivity contribution in [2.24, 2.45) is 11.5 Å². The highest BCUT2D eigenvalue weighted by atomic mass is 32.2. The summed E-state index contributed by atoms with van der Waals surface area (Å²) in [5.41, 5.74) is 12.6. The van der Waals surface area contributed by atoms with Crippen LogP contribution in [-0.2, 0) is 6.54 Å². The van der Waals surface area contributed by atoms with Gasteiger partial charge in [-0.3, -0.25) is 0 Å². The Morgan fingerprint density at radius 1 is 1.31 bits per heavy atom. The molecule has 4 heteroatoms. The fraction of sp³-hybridized carbons (Fsp3) is 0.500. The molecule has 1 rings (SSSR count). The predicted molar refractivity (Wildman–Crippen MR) is 71.6 cm³/mol. The van der Waals surface area contributed by atoms with Crippen LogP contribution in [0.3, 0.4) is 0 Å². The van der Waals surface area contributed by atoms with Crippen molar-refractivity contribution in [3.63, 3.8) is 0 Å². The standard InChI is InChI=1S/C12H21N3S/c1-15(9-11(14)7-13)8-10-3-5-12(16-2)6-4-10/h3-6,11H,7-9,13-14H2,1-2H3. The average molecular weight is 239 g/mol. The Kier molecular flexibility index (Phi) is 5.84. The molecule has 0 bridgehead atoms. The number of likely N-dealkylation sites (N-methyl/N-ethyl adjacent to an activating group) is 1. The second kappa shape index (κ2) is 6.91. The Morgan fingerprint density at radius 2 is 1.94 bits per heavy atom. The summed E-state index contributed by atoms with van der Waals surface area (Å²) >= 11 is 1.76. The zero-order chi connectivity index (χ0) is 12.0. The van der Waals surface area contributed by atoms with E-state index in [1.807, 2.05) is 0 Å². The smallest absolute Gasteiger partial charge is 0.0292 e. The normalized spacial score (nSPS) is 13.1. The molecule has 0 aliphatic heterocycles. The molecular formula is C12H21N3S. The van der Waals surface area contributed by atoms with Gasteiger partial charge in [-0.1, -0.05) is 12.1 Å². The van der Waals surface area contributed by atoms with E-state index in [9.17, 15) is 0 Å². The number of hydrogen-bond donors (Lipinski definition) is 2. The molecule has 0 spiro atoms. The van der Waals surface area contributed by atoms with Crippen LogP contribution in [0.1, 0.15) is 5.56 Å². The number of benzene rings is 1. The summed E-state index contributed by atoms with van der Waals surface area (Å²) in [5, 5.41) is 0. The lowest BCUT2D eigenvalue weighted by molar-refractivity contribution is 0.305. The minimum Gasteiger partial charge on any atom is -0.329 e. The van der Waals surface area contributed by atoms with Gasteiger partial charge in [0.05, 0.1) is 0 Å². The van der Waals surface area contributed by atoms with Gasteiger partial charge in [0.25, 0.3) is 0 Å². The Bertz CT molecular complexity index is 300. The van der Waals surface area contributed by atoms with Crippen LogP contribution < -0.4 is 11.5 Å². The van der Waals surface area contributed by atoms with E-state index >= 15 is 0 Å². The number of hydrogen-bond acceptors (Lipinski definition) is 4. The second-order valence-electron chi connectivity index (χ2n) is 4.04. The number of rotatable bonds is 6. The first-order valence-electron chi connectivity index (χ1n) is 5.43. The Labute approximate surface area is 102 Å². The highest BCUT2D eigenvalue weighted by molar-refractivity contribution is 7.98. The van der Waals surface area contributed by atoms with Crippen molar-refractivity contribution in [3.05, 3.63) is 29.8 Å². The maximum atomic E-state index is 5.80. The van der Waals surface area contributed by atoms with Crippen LogP contribution >= 0.6 is 11.8 Å². The topological polar surface area (TPSA) is 55.3 Å². The molecular weight excluding hydrogens is 218 g/mol. The summed E-state index contributed by atoms with van der Waals surface area (Å²) in [5.74, 6) is 0. The van der Waals surface area contributed by atoms with Gasteiger partial charge in [-0.15, -0.1) is 11.8 Å². The highest BCUT2D eigenvalue weighted by Crippen LogP contribution is 2.15. The molecule has 0 aliphatic rings. The molecule has 1 aromatic rings. The number of thioether (sulfide) groups is 1. The first-order chi connectivity index (χ1) is 7.65. The van der Waals surface area contributed by atoms with Gasteiger partial charge in [0.1, 0.15) is 0 Å². The van der Waals surface area contributed by atoms with Gasteiger partial charge in [0.15, 0.2) is 0 Å². The van der Waals surface area contributed by atoms with Crippen molar-refractivity contribution in [3.8, 4) is 0 Å². The van der Waals surface area contributed by atoms with Crippen LogP contribution in [0.5, 0.6) is 0 Å². The monoisotopic (exact) mass is 239 g/mol. The van der Waals surface area contributed by atoms with E-state index in [0.29, 0.717) is 6.54 Å². The molecule has 0 aromatic heterocycles. The summed E-state index contributed by atoms with van der Waals surface area (Å²) in [6, 6.07) is 8.69. The van der Waals surface area contributed by atoms with Gasteiger partial charge >= 0.3 is 0 Å². The fourth-order valence-electron chi connectivity index (χ4n) is 1.58. The lowest BCUT2D eigenvalue weighted by Gasteiger charge is -2.20. The molecule has 0 aliphatic carbocycles. The molecule has 0 amide bonds. The molecule has 1 aromatic carbocycles. The molecule has 0 radical (unpaired) electrons. The maximum Gasteiger partial charge on any atom is 0.0292 e.